The van der Waals surface area contributed by atoms with Crippen LogP contribution in [0.15, 0.2) is 54.6 Å². The number of anilines is 2. The van der Waals surface area contributed by atoms with Gasteiger partial charge in [0.2, 0.25) is 5.54 Å². The summed E-state index contributed by atoms with van der Waals surface area (Å²) in [4.78, 5) is 13.0. The van der Waals surface area contributed by atoms with Crippen LogP contribution in [0.2, 0.25) is 0 Å². The van der Waals surface area contributed by atoms with Crippen LogP contribution in [-0.2, 0) is 5.21 Å². The van der Waals surface area contributed by atoms with Crippen molar-refractivity contribution >= 4 is 17.1 Å². The van der Waals surface area contributed by atoms with Crippen molar-refractivity contribution in [2.24, 2.45) is 0 Å². The number of rotatable bonds is 3. The van der Waals surface area contributed by atoms with E-state index >= 15 is 0 Å². The summed E-state index contributed by atoms with van der Waals surface area (Å²) in [5, 5.41) is 27.9. The molecule has 213 valence electrons. The van der Waals surface area contributed by atoms with Gasteiger partial charge in [-0.05, 0) is 84.0 Å². The lowest BCUT2D eigenvalue weighted by Gasteiger charge is -2.43. The van der Waals surface area contributed by atoms with Gasteiger partial charge >= 0.3 is 0 Å². The smallest absolute Gasteiger partial charge is 0.257 e. The Morgan fingerprint density at radius 2 is 0.976 bits per heavy atom. The van der Waals surface area contributed by atoms with E-state index in [1.54, 1.807) is 54.6 Å². The molecule has 6 heteroatoms. The van der Waals surface area contributed by atoms with E-state index in [1.165, 1.54) is 0 Å². The molecule has 4 rings (SSSR count). The zero-order valence-corrected chi connectivity index (χ0v) is 25.8. The monoisotopic (exact) mass is 558 g/mol. The fourth-order valence-electron chi connectivity index (χ4n) is 4.18. The highest BCUT2D eigenvalue weighted by atomic mass is 16.5. The number of benzene rings is 3. The van der Waals surface area contributed by atoms with E-state index < -0.39 is 16.6 Å². The largest absolute Gasteiger partial charge is 0.758 e. The third-order valence-corrected chi connectivity index (χ3v) is 6.54. The Bertz CT molecular complexity index is 1720. The molecule has 3 aromatic rings. The third kappa shape index (κ3) is 6.67. The van der Waals surface area contributed by atoms with Crippen LogP contribution in [0.1, 0.15) is 95.7 Å². The van der Waals surface area contributed by atoms with Crippen LogP contribution in [0.5, 0.6) is 0 Å². The molecule has 0 N–H and O–H groups in total. The Labute approximate surface area is 249 Å². The number of hydroxylamine groups is 2. The average Bonchev–Trinajstić information content (AvgIpc) is 2.91. The minimum Gasteiger partial charge on any atom is -0.758 e. The maximum Gasteiger partial charge on any atom is 0.257 e. The molecule has 0 aromatic heterocycles. The number of fused-ring (bicyclic) bond motifs is 3. The molecule has 0 fully saturated rings. The molecule has 1 aliphatic carbocycles. The second-order valence-electron chi connectivity index (χ2n) is 13.3. The highest BCUT2D eigenvalue weighted by Gasteiger charge is 2.31. The van der Waals surface area contributed by atoms with Gasteiger partial charge in [-0.15, -0.1) is 0 Å². The first-order valence-electron chi connectivity index (χ1n) is 13.9. The van der Waals surface area contributed by atoms with Crippen molar-refractivity contribution in [3.8, 4) is 35.5 Å². The zero-order valence-electron chi connectivity index (χ0n) is 25.8. The van der Waals surface area contributed by atoms with Crippen LogP contribution in [0, 0.1) is 45.6 Å². The van der Waals surface area contributed by atoms with E-state index in [1.807, 2.05) is 62.3 Å². The molecule has 0 atom stereocenters. The summed E-state index contributed by atoms with van der Waals surface area (Å²) in [5.41, 5.74) is 3.21. The Balaban J connectivity index is 1.99. The lowest BCUT2D eigenvalue weighted by atomic mass is 9.99. The van der Waals surface area contributed by atoms with Crippen LogP contribution < -0.4 is 10.1 Å². The van der Waals surface area contributed by atoms with E-state index in [9.17, 15) is 15.3 Å². The van der Waals surface area contributed by atoms with Crippen molar-refractivity contribution in [2.45, 2.75) is 78.9 Å². The highest BCUT2D eigenvalue weighted by molar-refractivity contribution is 5.67. The number of nitrogens with zero attached hydrogens (tertiary/aromatic N) is 3. The second-order valence-corrected chi connectivity index (χ2v) is 13.3. The van der Waals surface area contributed by atoms with Crippen molar-refractivity contribution < 1.29 is 9.97 Å². The Kier molecular flexibility index (Phi) is 7.99. The molecule has 0 heterocycles. The van der Waals surface area contributed by atoms with Crippen molar-refractivity contribution in [3.63, 3.8) is 0 Å². The van der Waals surface area contributed by atoms with Crippen molar-refractivity contribution in [1.29, 1.82) is 0 Å². The van der Waals surface area contributed by atoms with Crippen LogP contribution in [0.25, 0.3) is 0 Å². The second kappa shape index (κ2) is 11.0. The van der Waals surface area contributed by atoms with Gasteiger partial charge in [-0.3, -0.25) is 0 Å². The van der Waals surface area contributed by atoms with Gasteiger partial charge in [0, 0.05) is 87.2 Å². The predicted octanol–water partition coefficient (Wildman–Crippen LogP) is 7.46. The minimum atomic E-state index is -0.638. The lowest BCUT2D eigenvalue weighted by molar-refractivity contribution is -0.540. The molecule has 0 bridgehead atoms. The van der Waals surface area contributed by atoms with Crippen molar-refractivity contribution in [2.75, 3.05) is 10.1 Å². The van der Waals surface area contributed by atoms with Crippen LogP contribution in [-0.4, -0.2) is 21.4 Å². The molecule has 1 radical (unpaired) electrons. The summed E-state index contributed by atoms with van der Waals surface area (Å²) in [6, 6.07) is 15.8. The summed E-state index contributed by atoms with van der Waals surface area (Å²) in [6.07, 6.45) is 0. The van der Waals surface area contributed by atoms with Gasteiger partial charge in [-0.25, -0.2) is 5.06 Å². The van der Waals surface area contributed by atoms with E-state index in [2.05, 4.69) is 35.5 Å². The van der Waals surface area contributed by atoms with E-state index in [-0.39, 0.29) is 0 Å². The van der Waals surface area contributed by atoms with Gasteiger partial charge in [0.15, 0.2) is 0 Å². The van der Waals surface area contributed by atoms with Gasteiger partial charge in [0.1, 0.15) is 0 Å². The molecular weight excluding hydrogens is 522 g/mol. The summed E-state index contributed by atoms with van der Waals surface area (Å²) in [5.74, 6) is 19.2. The Morgan fingerprint density at radius 1 is 0.571 bits per heavy atom. The van der Waals surface area contributed by atoms with Gasteiger partial charge in [0.05, 0.1) is 11.2 Å². The molecule has 0 spiro atoms. The number of hydrogen-bond acceptors (Lipinski definition) is 4. The molecule has 42 heavy (non-hydrogen) atoms. The quantitative estimate of drug-likeness (QED) is 0.149. The predicted molar refractivity (Wildman–Crippen MR) is 169 cm³/mol. The van der Waals surface area contributed by atoms with Gasteiger partial charge in [-0.1, -0.05) is 40.7 Å². The molecule has 6 nitrogen and oxygen atoms in total. The summed E-state index contributed by atoms with van der Waals surface area (Å²) in [7, 11) is 0. The first kappa shape index (κ1) is 30.4. The molecule has 0 amide bonds. The molecule has 0 unspecified atom stereocenters. The minimum absolute atomic E-state index is 0.474. The van der Waals surface area contributed by atoms with E-state index in [4.69, 9.17) is 0 Å². The van der Waals surface area contributed by atoms with Crippen molar-refractivity contribution in [1.82, 2.24) is 0 Å². The normalized spacial score (nSPS) is 12.3. The average molecular weight is 559 g/mol. The first-order valence-corrected chi connectivity index (χ1v) is 13.9. The van der Waals surface area contributed by atoms with Gasteiger partial charge < -0.3 is 10.3 Å². The number of nitroso groups, excluding NO2 is 1. The molecule has 3 aromatic carbocycles. The maximum absolute atomic E-state index is 13.0. The Morgan fingerprint density at radius 3 is 1.43 bits per heavy atom. The lowest BCUT2D eigenvalue weighted by Crippen LogP contribution is -2.37. The highest BCUT2D eigenvalue weighted by Crippen LogP contribution is 2.28. The first-order chi connectivity index (χ1) is 19.4. The third-order valence-electron chi connectivity index (χ3n) is 6.54. The van der Waals surface area contributed by atoms with Gasteiger partial charge in [-0.2, -0.15) is 0 Å². The molecule has 0 saturated heterocycles. The summed E-state index contributed by atoms with van der Waals surface area (Å²) < 4.78 is 0.955. The summed E-state index contributed by atoms with van der Waals surface area (Å²) in [6.45, 7) is 16.6. The maximum atomic E-state index is 13.0. The molecule has 0 aliphatic heterocycles. The van der Waals surface area contributed by atoms with Gasteiger partial charge in [0.25, 0.3) is 5.69 Å². The molecular formula is C36H36N3O3. The van der Waals surface area contributed by atoms with Crippen LogP contribution in [0.4, 0.5) is 17.1 Å². The zero-order chi connectivity index (χ0) is 31.0. The molecule has 0 saturated carbocycles. The standard InChI is InChI=1S/C36H36N3O3/c1-34(2,3)37(40)31-19-16-25-11-14-29-23-33(39(42)36(7,8)9)21-18-27(29)12-15-30-24-32(38(41)35(4,5)6)20-17-26(30)10-13-28(25)22-31/h16-24H,1-9H3. The topological polar surface area (TPSA) is 69.5 Å². The summed E-state index contributed by atoms with van der Waals surface area (Å²) >= 11 is 0. The SMILES string of the molecule is CC(C)(C)N([O])c1ccc2c(c1)C#Cc1ccc(N([O-])C(C)(C)C)cc1C#Cc1ccc([N+](=O)C(C)(C)C)cc1C#C2. The number of hydrogen-bond donors (Lipinski definition) is 0. The molecule has 1 aliphatic rings. The fourth-order valence-corrected chi connectivity index (χ4v) is 4.18. The van der Waals surface area contributed by atoms with E-state index in [0.29, 0.717) is 50.4 Å². The van der Waals surface area contributed by atoms with E-state index in [0.717, 1.165) is 14.9 Å². The Hall–Kier alpha value is -4.54. The van der Waals surface area contributed by atoms with Crippen LogP contribution >= 0.6 is 0 Å². The fraction of sp³-hybridized carbons (Fsp3) is 0.333. The van der Waals surface area contributed by atoms with Crippen molar-refractivity contribution in [3.05, 3.63) is 98.1 Å². The van der Waals surface area contributed by atoms with Crippen LogP contribution in [0.3, 0.4) is 0 Å².